The molecule has 0 spiro atoms. The summed E-state index contributed by atoms with van der Waals surface area (Å²) >= 11 is 0. The number of likely N-dealkylation sites (N-methyl/N-ethyl adjacent to an activating group) is 1. The van der Waals surface area contributed by atoms with Crippen LogP contribution in [0.1, 0.15) is 30.5 Å². The Morgan fingerprint density at radius 2 is 2.00 bits per heavy atom. The van der Waals surface area contributed by atoms with Gasteiger partial charge < -0.3 is 4.90 Å². The van der Waals surface area contributed by atoms with E-state index in [4.69, 9.17) is 0 Å². The van der Waals surface area contributed by atoms with Gasteiger partial charge in [-0.25, -0.2) is 9.78 Å². The molecule has 0 radical (unpaired) electrons. The van der Waals surface area contributed by atoms with Gasteiger partial charge >= 0.3 is 6.03 Å². The number of anilines is 1. The molecule has 1 aromatic heterocycles. The van der Waals surface area contributed by atoms with Crippen LogP contribution < -0.4 is 5.32 Å². The second-order valence-electron chi connectivity index (χ2n) is 6.39. The lowest BCUT2D eigenvalue weighted by Crippen LogP contribution is -2.41. The van der Waals surface area contributed by atoms with Crippen molar-refractivity contribution in [2.24, 2.45) is 0 Å². The molecular formula is C16H24N4O. The zero-order valence-electron chi connectivity index (χ0n) is 13.1. The smallest absolute Gasteiger partial charge is 0.323 e. The van der Waals surface area contributed by atoms with Crippen LogP contribution in [-0.2, 0) is 0 Å². The minimum Gasteiger partial charge on any atom is -0.323 e. The van der Waals surface area contributed by atoms with Gasteiger partial charge in [0.05, 0.1) is 0 Å². The normalized spacial score (nSPS) is 25.8. The van der Waals surface area contributed by atoms with Crippen molar-refractivity contribution in [3.05, 3.63) is 23.4 Å². The molecule has 2 atom stereocenters. The summed E-state index contributed by atoms with van der Waals surface area (Å²) < 4.78 is 0. The monoisotopic (exact) mass is 288 g/mol. The van der Waals surface area contributed by atoms with E-state index in [0.717, 1.165) is 30.8 Å². The number of carbonyl (C=O) groups excluding carboxylic acids is 1. The topological polar surface area (TPSA) is 48.5 Å². The van der Waals surface area contributed by atoms with Gasteiger partial charge in [0.1, 0.15) is 5.82 Å². The molecule has 2 saturated heterocycles. The molecular weight excluding hydrogens is 264 g/mol. The Morgan fingerprint density at radius 3 is 2.76 bits per heavy atom. The summed E-state index contributed by atoms with van der Waals surface area (Å²) in [5, 5.41) is 2.95. The van der Waals surface area contributed by atoms with Crippen LogP contribution in [0.4, 0.5) is 10.6 Å². The van der Waals surface area contributed by atoms with Crippen LogP contribution in [0.25, 0.3) is 0 Å². The van der Waals surface area contributed by atoms with Crippen molar-refractivity contribution in [1.29, 1.82) is 0 Å². The summed E-state index contributed by atoms with van der Waals surface area (Å²) in [7, 11) is 2.19. The van der Waals surface area contributed by atoms with Gasteiger partial charge in [-0.05, 0) is 57.9 Å². The van der Waals surface area contributed by atoms with Gasteiger partial charge in [0.15, 0.2) is 0 Å². The largest absolute Gasteiger partial charge is 0.323 e. The van der Waals surface area contributed by atoms with Crippen LogP contribution in [0.15, 0.2) is 12.1 Å². The van der Waals surface area contributed by atoms with Gasteiger partial charge in [-0.3, -0.25) is 10.2 Å². The number of aromatic nitrogens is 1. The molecule has 5 nitrogen and oxygen atoms in total. The summed E-state index contributed by atoms with van der Waals surface area (Å²) in [5.74, 6) is 0.653. The maximum absolute atomic E-state index is 12.5. The number of fused-ring (bicyclic) bond motifs is 2. The average molecular weight is 288 g/mol. The molecule has 2 aliphatic heterocycles. The van der Waals surface area contributed by atoms with E-state index in [1.54, 1.807) is 0 Å². The SMILES string of the molecule is Cc1cc(C)nc(NC(=O)N2CC[C@H]3CC[C@@H](C2)N3C)c1. The minimum atomic E-state index is -0.0200. The van der Waals surface area contributed by atoms with E-state index in [9.17, 15) is 4.79 Å². The fourth-order valence-electron chi connectivity index (χ4n) is 3.59. The Morgan fingerprint density at radius 1 is 1.24 bits per heavy atom. The minimum absolute atomic E-state index is 0.0200. The number of rotatable bonds is 1. The summed E-state index contributed by atoms with van der Waals surface area (Å²) in [5.41, 5.74) is 2.05. The molecule has 0 aromatic carbocycles. The fourth-order valence-corrected chi connectivity index (χ4v) is 3.59. The summed E-state index contributed by atoms with van der Waals surface area (Å²) in [6.45, 7) is 5.62. The number of carbonyl (C=O) groups is 1. The molecule has 1 aromatic rings. The highest BCUT2D eigenvalue weighted by atomic mass is 16.2. The van der Waals surface area contributed by atoms with Crippen LogP contribution in [0.2, 0.25) is 0 Å². The molecule has 0 aliphatic carbocycles. The first-order chi connectivity index (χ1) is 10.0. The maximum Gasteiger partial charge on any atom is 0.323 e. The molecule has 114 valence electrons. The van der Waals surface area contributed by atoms with Crippen LogP contribution in [0.3, 0.4) is 0 Å². The van der Waals surface area contributed by atoms with Crippen molar-refractivity contribution in [2.45, 2.75) is 45.2 Å². The first-order valence-corrected chi connectivity index (χ1v) is 7.76. The Hall–Kier alpha value is -1.62. The predicted octanol–water partition coefficient (Wildman–Crippen LogP) is 2.40. The van der Waals surface area contributed by atoms with Gasteiger partial charge in [-0.1, -0.05) is 0 Å². The Labute approximate surface area is 126 Å². The van der Waals surface area contributed by atoms with E-state index in [1.807, 2.05) is 30.9 Å². The Bertz CT molecular complexity index is 525. The number of pyridine rings is 1. The van der Waals surface area contributed by atoms with Crippen LogP contribution >= 0.6 is 0 Å². The van der Waals surface area contributed by atoms with Crippen LogP contribution in [-0.4, -0.2) is 53.0 Å². The van der Waals surface area contributed by atoms with E-state index in [-0.39, 0.29) is 6.03 Å². The number of likely N-dealkylation sites (tertiary alicyclic amines) is 1. The molecule has 3 rings (SSSR count). The lowest BCUT2D eigenvalue weighted by molar-refractivity contribution is 0.200. The van der Waals surface area contributed by atoms with E-state index in [1.165, 1.54) is 12.8 Å². The number of aryl methyl sites for hydroxylation is 2. The quantitative estimate of drug-likeness (QED) is 0.863. The van der Waals surface area contributed by atoms with Crippen LogP contribution in [0, 0.1) is 13.8 Å². The highest BCUT2D eigenvalue weighted by Gasteiger charge is 2.35. The lowest BCUT2D eigenvalue weighted by atomic mass is 10.1. The third kappa shape index (κ3) is 3.02. The molecule has 5 heteroatoms. The molecule has 3 heterocycles. The van der Waals surface area contributed by atoms with Crippen molar-refractivity contribution < 1.29 is 4.79 Å². The molecule has 2 amide bonds. The first kappa shape index (κ1) is 14.3. The van der Waals surface area contributed by atoms with E-state index < -0.39 is 0 Å². The maximum atomic E-state index is 12.5. The molecule has 2 fully saturated rings. The number of urea groups is 1. The second-order valence-corrected chi connectivity index (χ2v) is 6.39. The Kier molecular flexibility index (Phi) is 3.85. The molecule has 2 bridgehead atoms. The van der Waals surface area contributed by atoms with Gasteiger partial charge in [0, 0.05) is 30.9 Å². The summed E-state index contributed by atoms with van der Waals surface area (Å²) in [6.07, 6.45) is 3.54. The van der Waals surface area contributed by atoms with Crippen molar-refractivity contribution >= 4 is 11.8 Å². The van der Waals surface area contributed by atoms with Gasteiger partial charge in [0.25, 0.3) is 0 Å². The highest BCUT2D eigenvalue weighted by Crippen LogP contribution is 2.28. The van der Waals surface area contributed by atoms with E-state index >= 15 is 0 Å². The standard InChI is InChI=1S/C16H24N4O/c1-11-8-12(2)17-15(9-11)18-16(21)20-7-6-13-4-5-14(10-20)19(13)3/h8-9,13-14H,4-7,10H2,1-3H3,(H,17,18,21)/t13-,14+/m1/s1. The number of hydrogen-bond acceptors (Lipinski definition) is 3. The number of amides is 2. The van der Waals surface area contributed by atoms with Crippen molar-refractivity contribution in [2.75, 3.05) is 25.5 Å². The lowest BCUT2D eigenvalue weighted by Gasteiger charge is -2.25. The van der Waals surface area contributed by atoms with E-state index in [0.29, 0.717) is 17.9 Å². The fraction of sp³-hybridized carbons (Fsp3) is 0.625. The number of nitrogens with one attached hydrogen (secondary N) is 1. The second kappa shape index (κ2) is 5.64. The zero-order chi connectivity index (χ0) is 15.0. The van der Waals surface area contributed by atoms with Gasteiger partial charge in [0.2, 0.25) is 0 Å². The number of nitrogens with zero attached hydrogens (tertiary/aromatic N) is 3. The highest BCUT2D eigenvalue weighted by molar-refractivity contribution is 5.88. The molecule has 0 unspecified atom stereocenters. The van der Waals surface area contributed by atoms with Crippen molar-refractivity contribution in [1.82, 2.24) is 14.8 Å². The van der Waals surface area contributed by atoms with Crippen LogP contribution in [0.5, 0.6) is 0 Å². The Balaban J connectivity index is 1.68. The predicted molar refractivity (Wildman–Crippen MR) is 83.5 cm³/mol. The van der Waals surface area contributed by atoms with Gasteiger partial charge in [-0.2, -0.15) is 0 Å². The zero-order valence-corrected chi connectivity index (χ0v) is 13.1. The van der Waals surface area contributed by atoms with E-state index in [2.05, 4.69) is 22.2 Å². The summed E-state index contributed by atoms with van der Waals surface area (Å²) in [4.78, 5) is 21.3. The van der Waals surface area contributed by atoms with Gasteiger partial charge in [-0.15, -0.1) is 0 Å². The summed E-state index contributed by atoms with van der Waals surface area (Å²) in [6, 6.07) is 5.06. The first-order valence-electron chi connectivity index (χ1n) is 7.76. The number of hydrogen-bond donors (Lipinski definition) is 1. The molecule has 0 saturated carbocycles. The van der Waals surface area contributed by atoms with Crippen molar-refractivity contribution in [3.63, 3.8) is 0 Å². The van der Waals surface area contributed by atoms with Crippen molar-refractivity contribution in [3.8, 4) is 0 Å². The third-order valence-electron chi connectivity index (χ3n) is 4.77. The average Bonchev–Trinajstić information content (AvgIpc) is 2.61. The molecule has 1 N–H and O–H groups in total. The molecule has 21 heavy (non-hydrogen) atoms. The molecule has 2 aliphatic rings. The third-order valence-corrected chi connectivity index (χ3v) is 4.77.